The molecule has 1 aromatic carbocycles. The van der Waals surface area contributed by atoms with Gasteiger partial charge in [-0.05, 0) is 42.2 Å². The number of nitrogen functional groups attached to an aromatic ring is 1. The summed E-state index contributed by atoms with van der Waals surface area (Å²) in [5, 5.41) is 13.3. The molecule has 0 spiro atoms. The Bertz CT molecular complexity index is 1660. The first-order chi connectivity index (χ1) is 19.9. The van der Waals surface area contributed by atoms with Crippen molar-refractivity contribution < 1.29 is 9.53 Å². The van der Waals surface area contributed by atoms with Gasteiger partial charge in [0.25, 0.3) is 5.91 Å². The highest BCUT2D eigenvalue weighted by atomic mass is 16.5. The Morgan fingerprint density at radius 1 is 1.02 bits per heavy atom. The first-order valence-corrected chi connectivity index (χ1v) is 13.5. The SMILES string of the molecule is Cc1cc(N)nc(C)c1CNc1ncnc2nn(Cc3ccc(Cn4cc(C(=O)N5CCOCC5)cn4)cc3)cc12. The summed E-state index contributed by atoms with van der Waals surface area (Å²) in [5.41, 5.74) is 12.4. The van der Waals surface area contributed by atoms with Gasteiger partial charge in [-0.3, -0.25) is 14.2 Å². The second kappa shape index (κ2) is 11.3. The lowest BCUT2D eigenvalue weighted by Gasteiger charge is -2.26. The van der Waals surface area contributed by atoms with Gasteiger partial charge in [0, 0.05) is 37.7 Å². The number of nitrogens with two attached hydrogens (primary N) is 1. The summed E-state index contributed by atoms with van der Waals surface area (Å²) < 4.78 is 9.00. The van der Waals surface area contributed by atoms with E-state index in [1.165, 1.54) is 6.33 Å². The third-order valence-corrected chi connectivity index (χ3v) is 7.26. The molecule has 41 heavy (non-hydrogen) atoms. The maximum Gasteiger partial charge on any atom is 0.257 e. The molecule has 210 valence electrons. The van der Waals surface area contributed by atoms with Gasteiger partial charge >= 0.3 is 0 Å². The second-order valence-electron chi connectivity index (χ2n) is 10.2. The smallest absolute Gasteiger partial charge is 0.257 e. The van der Waals surface area contributed by atoms with Gasteiger partial charge in [-0.2, -0.15) is 10.2 Å². The number of ether oxygens (including phenoxy) is 1. The van der Waals surface area contributed by atoms with Crippen LogP contribution < -0.4 is 11.1 Å². The molecule has 5 heterocycles. The molecule has 1 saturated heterocycles. The largest absolute Gasteiger partial charge is 0.384 e. The zero-order valence-electron chi connectivity index (χ0n) is 23.1. The van der Waals surface area contributed by atoms with Crippen molar-refractivity contribution in [2.75, 3.05) is 37.4 Å². The van der Waals surface area contributed by atoms with Gasteiger partial charge < -0.3 is 20.7 Å². The summed E-state index contributed by atoms with van der Waals surface area (Å²) in [5.74, 6) is 1.24. The van der Waals surface area contributed by atoms with E-state index >= 15 is 0 Å². The molecule has 1 aliphatic rings. The van der Waals surface area contributed by atoms with Crippen molar-refractivity contribution >= 4 is 28.6 Å². The number of aryl methyl sites for hydroxylation is 2. The van der Waals surface area contributed by atoms with Gasteiger partial charge in [0.15, 0.2) is 5.65 Å². The van der Waals surface area contributed by atoms with Gasteiger partial charge in [0.1, 0.15) is 18.0 Å². The van der Waals surface area contributed by atoms with E-state index in [4.69, 9.17) is 10.5 Å². The van der Waals surface area contributed by atoms with Crippen LogP contribution >= 0.6 is 0 Å². The highest BCUT2D eigenvalue weighted by Crippen LogP contribution is 2.21. The standard InChI is InChI=1S/C29H32N10O2/c1-19-11-26(30)35-20(2)24(19)13-31-27-25-17-39(36-28(25)33-18-32-27)15-22-5-3-21(4-6-22)14-38-16-23(12-34-38)29(40)37-7-9-41-10-8-37/h3-6,11-12,16-18H,7-10,13-15H2,1-2H3,(H2,30,35)(H,31,32,33,36). The van der Waals surface area contributed by atoms with E-state index < -0.39 is 0 Å². The Labute approximate surface area is 237 Å². The Kier molecular flexibility index (Phi) is 7.30. The number of carbonyl (C=O) groups is 1. The summed E-state index contributed by atoms with van der Waals surface area (Å²) in [4.78, 5) is 27.7. The van der Waals surface area contributed by atoms with Crippen molar-refractivity contribution in [1.29, 1.82) is 0 Å². The van der Waals surface area contributed by atoms with Crippen LogP contribution in [0.3, 0.4) is 0 Å². The topological polar surface area (TPSA) is 142 Å². The number of hydrogen-bond donors (Lipinski definition) is 2. The minimum atomic E-state index is -0.00274. The lowest BCUT2D eigenvalue weighted by atomic mass is 10.1. The molecule has 0 bridgehead atoms. The average Bonchev–Trinajstić information content (AvgIpc) is 3.61. The van der Waals surface area contributed by atoms with Crippen LogP contribution in [-0.2, 0) is 24.4 Å². The number of amides is 1. The van der Waals surface area contributed by atoms with Crippen molar-refractivity contribution in [2.24, 2.45) is 0 Å². The van der Waals surface area contributed by atoms with Crippen molar-refractivity contribution in [3.8, 4) is 0 Å². The van der Waals surface area contributed by atoms with Crippen LogP contribution in [0.1, 0.15) is 38.3 Å². The molecule has 1 amide bonds. The summed E-state index contributed by atoms with van der Waals surface area (Å²) in [6.07, 6.45) is 6.92. The van der Waals surface area contributed by atoms with Crippen LogP contribution in [-0.4, -0.2) is 71.6 Å². The number of rotatable bonds is 8. The van der Waals surface area contributed by atoms with E-state index in [1.807, 2.05) is 35.7 Å². The number of fused-ring (bicyclic) bond motifs is 1. The molecule has 4 aromatic heterocycles. The molecular formula is C29H32N10O2. The molecule has 1 aliphatic heterocycles. The minimum absolute atomic E-state index is 0.00274. The van der Waals surface area contributed by atoms with Crippen LogP contribution in [0.15, 0.2) is 55.2 Å². The maximum atomic E-state index is 12.7. The summed E-state index contributed by atoms with van der Waals surface area (Å²) in [6.45, 7) is 8.11. The van der Waals surface area contributed by atoms with Crippen LogP contribution in [0.2, 0.25) is 0 Å². The van der Waals surface area contributed by atoms with Crippen LogP contribution in [0.4, 0.5) is 11.6 Å². The van der Waals surface area contributed by atoms with Crippen molar-refractivity contribution in [1.82, 2.24) is 39.4 Å². The number of benzene rings is 1. The Morgan fingerprint density at radius 3 is 2.49 bits per heavy atom. The molecule has 0 aliphatic carbocycles. The third-order valence-electron chi connectivity index (χ3n) is 7.26. The molecule has 6 rings (SSSR count). The van der Waals surface area contributed by atoms with E-state index in [-0.39, 0.29) is 5.91 Å². The van der Waals surface area contributed by atoms with Crippen molar-refractivity contribution in [3.63, 3.8) is 0 Å². The normalized spacial score (nSPS) is 13.6. The fraction of sp³-hybridized carbons (Fsp3) is 0.310. The van der Waals surface area contributed by atoms with Gasteiger partial charge in [-0.15, -0.1) is 0 Å². The lowest BCUT2D eigenvalue weighted by molar-refractivity contribution is 0.0303. The molecule has 0 saturated carbocycles. The molecule has 3 N–H and O–H groups in total. The molecule has 12 heteroatoms. The zero-order valence-corrected chi connectivity index (χ0v) is 23.1. The van der Waals surface area contributed by atoms with E-state index in [0.29, 0.717) is 63.0 Å². The van der Waals surface area contributed by atoms with Crippen molar-refractivity contribution in [2.45, 2.75) is 33.5 Å². The number of aromatic nitrogens is 7. The number of morpholine rings is 1. The fourth-order valence-electron chi connectivity index (χ4n) is 5.07. The summed E-state index contributed by atoms with van der Waals surface area (Å²) >= 11 is 0. The third kappa shape index (κ3) is 5.87. The van der Waals surface area contributed by atoms with E-state index in [9.17, 15) is 4.79 Å². The molecule has 12 nitrogen and oxygen atoms in total. The second-order valence-corrected chi connectivity index (χ2v) is 10.2. The van der Waals surface area contributed by atoms with E-state index in [0.717, 1.165) is 39.2 Å². The minimum Gasteiger partial charge on any atom is -0.384 e. The number of carbonyl (C=O) groups excluding carboxylic acids is 1. The Balaban J connectivity index is 1.10. The molecule has 0 atom stereocenters. The highest BCUT2D eigenvalue weighted by molar-refractivity contribution is 5.93. The monoisotopic (exact) mass is 552 g/mol. The highest BCUT2D eigenvalue weighted by Gasteiger charge is 2.20. The maximum absolute atomic E-state index is 12.7. The summed E-state index contributed by atoms with van der Waals surface area (Å²) in [7, 11) is 0. The zero-order chi connectivity index (χ0) is 28.3. The molecule has 0 unspecified atom stereocenters. The quantitative estimate of drug-likeness (QED) is 0.297. The lowest BCUT2D eigenvalue weighted by Crippen LogP contribution is -2.40. The van der Waals surface area contributed by atoms with Gasteiger partial charge in [0.05, 0.1) is 43.4 Å². The average molecular weight is 553 g/mol. The summed E-state index contributed by atoms with van der Waals surface area (Å²) in [6, 6.07) is 10.2. The number of pyridine rings is 1. The Hall–Kier alpha value is -4.84. The van der Waals surface area contributed by atoms with Gasteiger partial charge in [-0.25, -0.2) is 15.0 Å². The van der Waals surface area contributed by atoms with Crippen LogP contribution in [0, 0.1) is 13.8 Å². The van der Waals surface area contributed by atoms with E-state index in [1.54, 1.807) is 17.1 Å². The predicted octanol–water partition coefficient (Wildman–Crippen LogP) is 2.80. The molecule has 1 fully saturated rings. The van der Waals surface area contributed by atoms with Gasteiger partial charge in [-0.1, -0.05) is 24.3 Å². The fourth-order valence-corrected chi connectivity index (χ4v) is 5.07. The van der Waals surface area contributed by atoms with Crippen LogP contribution in [0.5, 0.6) is 0 Å². The molecule has 5 aromatic rings. The number of hydrogen-bond acceptors (Lipinski definition) is 9. The first kappa shape index (κ1) is 26.4. The predicted molar refractivity (Wildman–Crippen MR) is 154 cm³/mol. The van der Waals surface area contributed by atoms with E-state index in [2.05, 4.69) is 54.7 Å². The van der Waals surface area contributed by atoms with Crippen molar-refractivity contribution in [3.05, 3.63) is 88.8 Å². The van der Waals surface area contributed by atoms with Gasteiger partial charge in [0.2, 0.25) is 0 Å². The number of nitrogens with one attached hydrogen (secondary N) is 1. The molecular weight excluding hydrogens is 520 g/mol. The first-order valence-electron chi connectivity index (χ1n) is 13.5. The number of anilines is 2. The Morgan fingerprint density at radius 2 is 1.76 bits per heavy atom. The number of nitrogens with zero attached hydrogens (tertiary/aromatic N) is 8. The molecule has 0 radical (unpaired) electrons. The van der Waals surface area contributed by atoms with Crippen LogP contribution in [0.25, 0.3) is 11.0 Å².